The van der Waals surface area contributed by atoms with E-state index in [-0.39, 0.29) is 19.0 Å². The van der Waals surface area contributed by atoms with E-state index in [1.807, 2.05) is 0 Å². The summed E-state index contributed by atoms with van der Waals surface area (Å²) >= 11 is 1.44. The molecule has 0 bridgehead atoms. The van der Waals surface area contributed by atoms with E-state index in [9.17, 15) is 9.59 Å². The van der Waals surface area contributed by atoms with Crippen molar-refractivity contribution in [2.24, 2.45) is 0 Å². The van der Waals surface area contributed by atoms with Crippen LogP contribution in [0, 0.1) is 0 Å². The highest BCUT2D eigenvalue weighted by atomic mass is 32.2. The van der Waals surface area contributed by atoms with Gasteiger partial charge in [0.1, 0.15) is 6.61 Å². The summed E-state index contributed by atoms with van der Waals surface area (Å²) in [7, 11) is 0. The van der Waals surface area contributed by atoms with Gasteiger partial charge in [0.2, 0.25) is 0 Å². The van der Waals surface area contributed by atoms with E-state index < -0.39 is 5.97 Å². The summed E-state index contributed by atoms with van der Waals surface area (Å²) < 4.78 is 15.6. The van der Waals surface area contributed by atoms with Crippen molar-refractivity contribution in [3.8, 4) is 0 Å². The number of hydrogen-bond acceptors (Lipinski definition) is 6. The van der Waals surface area contributed by atoms with Crippen molar-refractivity contribution in [1.82, 2.24) is 0 Å². The molecule has 0 saturated carbocycles. The summed E-state index contributed by atoms with van der Waals surface area (Å²) in [6, 6.07) is 0. The molecule has 0 aliphatic heterocycles. The van der Waals surface area contributed by atoms with Crippen molar-refractivity contribution in [2.75, 3.05) is 44.5 Å². The lowest BCUT2D eigenvalue weighted by Crippen LogP contribution is -2.13. The molecule has 0 saturated heterocycles. The first-order chi connectivity index (χ1) is 10.2. The van der Waals surface area contributed by atoms with E-state index in [1.165, 1.54) is 11.8 Å². The summed E-state index contributed by atoms with van der Waals surface area (Å²) in [6.07, 6.45) is 2.59. The first-order valence-corrected chi connectivity index (χ1v) is 8.43. The predicted molar refractivity (Wildman–Crippen MR) is 81.7 cm³/mol. The number of carbonyl (C=O) groups is 2. The van der Waals surface area contributed by atoms with E-state index in [1.54, 1.807) is 0 Å². The smallest absolute Gasteiger partial charge is 0.306 e. The van der Waals surface area contributed by atoms with Crippen molar-refractivity contribution in [3.05, 3.63) is 0 Å². The Morgan fingerprint density at radius 1 is 0.952 bits per heavy atom. The van der Waals surface area contributed by atoms with E-state index in [2.05, 4.69) is 6.92 Å². The summed E-state index contributed by atoms with van der Waals surface area (Å²) in [4.78, 5) is 21.6. The minimum absolute atomic E-state index is 0.119. The number of thioether (sulfide) groups is 1. The molecule has 21 heavy (non-hydrogen) atoms. The molecule has 0 atom stereocenters. The first kappa shape index (κ1) is 20.2. The number of aliphatic carboxylic acids is 1. The number of carboxylic acids is 1. The zero-order valence-electron chi connectivity index (χ0n) is 12.7. The Hall–Kier alpha value is -0.790. The monoisotopic (exact) mass is 322 g/mol. The van der Waals surface area contributed by atoms with Crippen LogP contribution in [0.5, 0.6) is 0 Å². The fraction of sp³-hybridized carbons (Fsp3) is 0.857. The predicted octanol–water partition coefficient (Wildman–Crippen LogP) is 1.96. The van der Waals surface area contributed by atoms with E-state index in [4.69, 9.17) is 19.3 Å². The molecule has 0 aromatic carbocycles. The van der Waals surface area contributed by atoms with Gasteiger partial charge in [-0.3, -0.25) is 9.59 Å². The molecule has 0 fully saturated rings. The molecule has 0 aliphatic carbocycles. The first-order valence-electron chi connectivity index (χ1n) is 7.27. The zero-order valence-corrected chi connectivity index (χ0v) is 13.5. The van der Waals surface area contributed by atoms with Gasteiger partial charge >= 0.3 is 11.9 Å². The number of carbonyl (C=O) groups excluding carboxylic acids is 1. The molecule has 0 aromatic heterocycles. The quantitative estimate of drug-likeness (QED) is 0.364. The number of rotatable bonds is 15. The molecule has 0 radical (unpaired) electrons. The van der Waals surface area contributed by atoms with Crippen molar-refractivity contribution >= 4 is 23.7 Å². The van der Waals surface area contributed by atoms with Gasteiger partial charge in [0.05, 0.1) is 32.7 Å². The highest BCUT2D eigenvalue weighted by Gasteiger charge is 2.03. The van der Waals surface area contributed by atoms with Crippen LogP contribution in [0.25, 0.3) is 0 Å². The van der Waals surface area contributed by atoms with Gasteiger partial charge in [-0.1, -0.05) is 13.3 Å². The minimum atomic E-state index is -0.819. The Bertz CT molecular complexity index is 272. The molecular formula is C14H26O6S. The standard InChI is InChI=1S/C14H26O6S/c1-2-3-6-18-7-8-19-9-10-20-14(17)5-12-21-11-4-13(15)16/h2-12H2,1H3,(H,15,16). The van der Waals surface area contributed by atoms with Crippen LogP contribution in [0.3, 0.4) is 0 Å². The van der Waals surface area contributed by atoms with Crippen molar-refractivity contribution in [3.63, 3.8) is 0 Å². The molecule has 0 unspecified atom stereocenters. The molecular weight excluding hydrogens is 296 g/mol. The van der Waals surface area contributed by atoms with Gasteiger partial charge in [0.15, 0.2) is 0 Å². The molecule has 1 N–H and O–H groups in total. The number of ether oxygens (including phenoxy) is 3. The second kappa shape index (κ2) is 15.6. The van der Waals surface area contributed by atoms with Crippen LogP contribution in [0.15, 0.2) is 0 Å². The van der Waals surface area contributed by atoms with Gasteiger partial charge in [-0.2, -0.15) is 11.8 Å². The van der Waals surface area contributed by atoms with Gasteiger partial charge < -0.3 is 19.3 Å². The maximum Gasteiger partial charge on any atom is 0.306 e. The third kappa shape index (κ3) is 17.2. The molecule has 7 heteroatoms. The van der Waals surface area contributed by atoms with Crippen LogP contribution in [0.1, 0.15) is 32.6 Å². The fourth-order valence-electron chi connectivity index (χ4n) is 1.27. The molecule has 0 aromatic rings. The zero-order chi connectivity index (χ0) is 15.8. The third-order valence-electron chi connectivity index (χ3n) is 2.42. The Labute approximate surface area is 130 Å². The van der Waals surface area contributed by atoms with Crippen molar-refractivity contribution < 1.29 is 28.9 Å². The third-order valence-corrected chi connectivity index (χ3v) is 3.40. The van der Waals surface area contributed by atoms with Crippen LogP contribution in [0.2, 0.25) is 0 Å². The van der Waals surface area contributed by atoms with Crippen molar-refractivity contribution in [2.45, 2.75) is 32.6 Å². The van der Waals surface area contributed by atoms with Crippen LogP contribution in [-0.2, 0) is 23.8 Å². The fourth-order valence-corrected chi connectivity index (χ4v) is 2.11. The van der Waals surface area contributed by atoms with Crippen molar-refractivity contribution in [1.29, 1.82) is 0 Å². The van der Waals surface area contributed by atoms with Crippen LogP contribution >= 0.6 is 11.8 Å². The van der Waals surface area contributed by atoms with Gasteiger partial charge in [-0.05, 0) is 6.42 Å². The maximum absolute atomic E-state index is 11.3. The maximum atomic E-state index is 11.3. The van der Waals surface area contributed by atoms with Crippen LogP contribution in [0.4, 0.5) is 0 Å². The highest BCUT2D eigenvalue weighted by molar-refractivity contribution is 7.99. The number of esters is 1. The van der Waals surface area contributed by atoms with E-state index in [0.29, 0.717) is 37.7 Å². The van der Waals surface area contributed by atoms with Crippen LogP contribution < -0.4 is 0 Å². The normalized spacial score (nSPS) is 10.5. The lowest BCUT2D eigenvalue weighted by molar-refractivity contribution is -0.144. The van der Waals surface area contributed by atoms with Gasteiger partial charge in [-0.25, -0.2) is 0 Å². The Morgan fingerprint density at radius 3 is 2.24 bits per heavy atom. The Kier molecular flexibility index (Phi) is 15.0. The summed E-state index contributed by atoms with van der Waals surface area (Å²) in [5.74, 6) is 0.00339. The second-order valence-corrected chi connectivity index (χ2v) is 5.53. The molecule has 124 valence electrons. The summed E-state index contributed by atoms with van der Waals surface area (Å²) in [5, 5.41) is 8.44. The summed E-state index contributed by atoms with van der Waals surface area (Å²) in [6.45, 7) is 4.55. The molecule has 0 amide bonds. The highest BCUT2D eigenvalue weighted by Crippen LogP contribution is 2.05. The largest absolute Gasteiger partial charge is 0.481 e. The van der Waals surface area contributed by atoms with E-state index in [0.717, 1.165) is 19.4 Å². The SMILES string of the molecule is CCCCOCCOCCOC(=O)CCSCCC(=O)O. The number of carboxylic acid groups (broad SMARTS) is 1. The lowest BCUT2D eigenvalue weighted by atomic mass is 10.4. The topological polar surface area (TPSA) is 82.1 Å². The lowest BCUT2D eigenvalue weighted by Gasteiger charge is -2.06. The molecule has 0 rings (SSSR count). The second-order valence-electron chi connectivity index (χ2n) is 4.30. The average Bonchev–Trinajstić information content (AvgIpc) is 2.45. The molecule has 0 spiro atoms. The van der Waals surface area contributed by atoms with Gasteiger partial charge in [-0.15, -0.1) is 0 Å². The number of unbranched alkanes of at least 4 members (excludes halogenated alkanes) is 1. The minimum Gasteiger partial charge on any atom is -0.481 e. The summed E-state index contributed by atoms with van der Waals surface area (Å²) in [5.41, 5.74) is 0. The van der Waals surface area contributed by atoms with E-state index >= 15 is 0 Å². The molecule has 0 aliphatic rings. The Balaban J connectivity index is 3.17. The van der Waals surface area contributed by atoms with Gasteiger partial charge in [0.25, 0.3) is 0 Å². The van der Waals surface area contributed by atoms with Crippen LogP contribution in [-0.4, -0.2) is 61.6 Å². The van der Waals surface area contributed by atoms with Gasteiger partial charge in [0, 0.05) is 18.1 Å². The molecule has 0 heterocycles. The number of hydrogen-bond donors (Lipinski definition) is 1. The average molecular weight is 322 g/mol. The Morgan fingerprint density at radius 2 is 1.57 bits per heavy atom. The molecule has 6 nitrogen and oxygen atoms in total.